The Balaban J connectivity index is 1.78. The molecule has 2 aromatic rings. The summed E-state index contributed by atoms with van der Waals surface area (Å²) < 4.78 is 18.1. The number of nitrogens with zero attached hydrogens (tertiary/aromatic N) is 6. The fourth-order valence-corrected chi connectivity index (χ4v) is 6.40. The summed E-state index contributed by atoms with van der Waals surface area (Å²) in [7, 11) is 1.59. The predicted octanol–water partition coefficient (Wildman–Crippen LogP) is 3.17. The molecule has 3 heterocycles. The van der Waals surface area contributed by atoms with Crippen molar-refractivity contribution in [3.8, 4) is 5.69 Å². The number of para-hydroxylation sites is 1. The zero-order valence-corrected chi connectivity index (χ0v) is 27.3. The smallest absolute Gasteiger partial charge is 0.407 e. The van der Waals surface area contributed by atoms with Crippen molar-refractivity contribution >= 4 is 17.9 Å². The number of methoxy groups -OCH3 is 1. The Hall–Kier alpha value is -3.55. The van der Waals surface area contributed by atoms with Crippen molar-refractivity contribution < 1.29 is 33.7 Å². The average molecular weight is 629 g/mol. The second-order valence-corrected chi connectivity index (χ2v) is 13.2. The Morgan fingerprint density at radius 2 is 1.80 bits per heavy atom. The monoisotopic (exact) mass is 628 g/mol. The normalized spacial score (nSPS) is 20.8. The lowest BCUT2D eigenvalue weighted by Crippen LogP contribution is -2.66. The highest BCUT2D eigenvalue weighted by molar-refractivity contribution is 5.94. The van der Waals surface area contributed by atoms with Crippen molar-refractivity contribution in [2.24, 2.45) is 17.3 Å². The lowest BCUT2D eigenvalue weighted by atomic mass is 9.74. The summed E-state index contributed by atoms with van der Waals surface area (Å²) in [6, 6.07) is 8.22. The number of hydrogen-bond donors (Lipinski definition) is 1. The van der Waals surface area contributed by atoms with Crippen molar-refractivity contribution in [2.75, 3.05) is 59.7 Å². The van der Waals surface area contributed by atoms with Gasteiger partial charge in [-0.2, -0.15) is 0 Å². The van der Waals surface area contributed by atoms with E-state index in [1.165, 1.54) is 4.90 Å². The van der Waals surface area contributed by atoms with Crippen LogP contribution in [0.3, 0.4) is 0 Å². The highest BCUT2D eigenvalue weighted by Crippen LogP contribution is 2.38. The number of hydrogen-bond acceptors (Lipinski definition) is 8. The van der Waals surface area contributed by atoms with Gasteiger partial charge >= 0.3 is 6.09 Å². The Kier molecular flexibility index (Phi) is 11.6. The van der Waals surface area contributed by atoms with E-state index >= 15 is 0 Å². The van der Waals surface area contributed by atoms with Crippen LogP contribution >= 0.6 is 0 Å². The Bertz CT molecular complexity index is 1290. The summed E-state index contributed by atoms with van der Waals surface area (Å²) in [6.07, 6.45) is -0.786. The molecule has 0 saturated carbocycles. The fourth-order valence-electron chi connectivity index (χ4n) is 6.40. The largest absolute Gasteiger partial charge is 0.465 e. The zero-order valence-electron chi connectivity index (χ0n) is 27.3. The number of aromatic nitrogens is 3. The van der Waals surface area contributed by atoms with Crippen molar-refractivity contribution in [1.29, 1.82) is 0 Å². The Morgan fingerprint density at radius 1 is 1.11 bits per heavy atom. The van der Waals surface area contributed by atoms with E-state index in [0.29, 0.717) is 58.2 Å². The second kappa shape index (κ2) is 15.2. The molecule has 13 heteroatoms. The topological polar surface area (TPSA) is 140 Å². The number of morpholine rings is 1. The first-order valence-electron chi connectivity index (χ1n) is 15.7. The summed E-state index contributed by atoms with van der Waals surface area (Å²) >= 11 is 0. The highest BCUT2D eigenvalue weighted by atomic mass is 16.5. The van der Waals surface area contributed by atoms with Gasteiger partial charge < -0.3 is 34.0 Å². The third-order valence-corrected chi connectivity index (χ3v) is 8.31. The summed E-state index contributed by atoms with van der Waals surface area (Å²) in [6.45, 7) is 12.9. The minimum atomic E-state index is -1.11. The molecule has 248 valence electrons. The van der Waals surface area contributed by atoms with E-state index in [9.17, 15) is 19.5 Å². The van der Waals surface area contributed by atoms with E-state index in [0.717, 1.165) is 5.69 Å². The van der Waals surface area contributed by atoms with Crippen LogP contribution in [0.5, 0.6) is 0 Å². The van der Waals surface area contributed by atoms with Gasteiger partial charge in [0.15, 0.2) is 5.69 Å². The Labute approximate surface area is 265 Å². The number of amides is 3. The van der Waals surface area contributed by atoms with Crippen LogP contribution in [0.4, 0.5) is 4.79 Å². The van der Waals surface area contributed by atoms with Crippen molar-refractivity contribution in [3.05, 3.63) is 41.7 Å². The molecule has 0 bridgehead atoms. The van der Waals surface area contributed by atoms with E-state index in [4.69, 9.17) is 14.2 Å². The minimum Gasteiger partial charge on any atom is -0.465 e. The molecule has 0 spiro atoms. The van der Waals surface area contributed by atoms with Gasteiger partial charge in [-0.1, -0.05) is 58.0 Å². The molecule has 4 rings (SSSR count). The van der Waals surface area contributed by atoms with E-state index < -0.39 is 29.5 Å². The summed E-state index contributed by atoms with van der Waals surface area (Å²) in [5.74, 6) is -1.04. The van der Waals surface area contributed by atoms with E-state index in [1.54, 1.807) is 21.6 Å². The summed E-state index contributed by atoms with van der Waals surface area (Å²) in [5.41, 5.74) is 0.797. The number of benzene rings is 1. The SMILES string of the molecule is COCCOCc1c(C(=O)N(CC(C)C)[C@H]2C[C@@H](C(=O)N3CCOCC3)CN(C(=O)O)C2C(C)(C)C)nnn1-c1ccccc1. The van der Waals surface area contributed by atoms with Crippen molar-refractivity contribution in [3.63, 3.8) is 0 Å². The number of ether oxygens (including phenoxy) is 3. The van der Waals surface area contributed by atoms with Crippen LogP contribution in [0.1, 0.15) is 57.2 Å². The van der Waals surface area contributed by atoms with Gasteiger partial charge in [-0.25, -0.2) is 9.48 Å². The van der Waals surface area contributed by atoms with Crippen LogP contribution in [-0.4, -0.2) is 125 Å². The third kappa shape index (κ3) is 8.19. The molecule has 1 unspecified atom stereocenters. The quantitative estimate of drug-likeness (QED) is 0.372. The van der Waals surface area contributed by atoms with Gasteiger partial charge in [0.2, 0.25) is 5.91 Å². The summed E-state index contributed by atoms with van der Waals surface area (Å²) in [5, 5.41) is 19.2. The van der Waals surface area contributed by atoms with Gasteiger partial charge in [0.25, 0.3) is 5.91 Å². The van der Waals surface area contributed by atoms with Gasteiger partial charge in [0, 0.05) is 33.3 Å². The van der Waals surface area contributed by atoms with Crippen LogP contribution in [0.15, 0.2) is 30.3 Å². The van der Waals surface area contributed by atoms with Crippen molar-refractivity contribution in [1.82, 2.24) is 29.7 Å². The first-order chi connectivity index (χ1) is 21.4. The second-order valence-electron chi connectivity index (χ2n) is 13.2. The zero-order chi connectivity index (χ0) is 32.7. The van der Waals surface area contributed by atoms with E-state index in [1.807, 2.05) is 65.0 Å². The molecular weight excluding hydrogens is 580 g/mol. The molecule has 13 nitrogen and oxygen atoms in total. The number of likely N-dealkylation sites (tertiary alicyclic amines) is 1. The van der Waals surface area contributed by atoms with E-state index in [-0.39, 0.29) is 36.6 Å². The van der Waals surface area contributed by atoms with Gasteiger partial charge in [-0.05, 0) is 29.9 Å². The summed E-state index contributed by atoms with van der Waals surface area (Å²) in [4.78, 5) is 46.1. The molecule has 0 radical (unpaired) electrons. The van der Waals surface area contributed by atoms with Crippen LogP contribution in [0.25, 0.3) is 5.69 Å². The van der Waals surface area contributed by atoms with Crippen LogP contribution in [0.2, 0.25) is 0 Å². The molecule has 1 N–H and O–H groups in total. The lowest BCUT2D eigenvalue weighted by molar-refractivity contribution is -0.144. The molecule has 2 aliphatic heterocycles. The first-order valence-corrected chi connectivity index (χ1v) is 15.7. The first kappa shape index (κ1) is 34.3. The highest BCUT2D eigenvalue weighted by Gasteiger charge is 2.50. The van der Waals surface area contributed by atoms with Crippen LogP contribution in [-0.2, 0) is 25.6 Å². The molecule has 3 amide bonds. The lowest BCUT2D eigenvalue weighted by Gasteiger charge is -2.52. The van der Waals surface area contributed by atoms with Gasteiger partial charge in [-0.3, -0.25) is 9.59 Å². The number of carbonyl (C=O) groups is 3. The van der Waals surface area contributed by atoms with Crippen LogP contribution < -0.4 is 0 Å². The maximum absolute atomic E-state index is 14.7. The average Bonchev–Trinajstić information content (AvgIpc) is 3.44. The van der Waals surface area contributed by atoms with Crippen molar-refractivity contribution in [2.45, 2.75) is 59.7 Å². The molecule has 3 atom stereocenters. The molecule has 0 aliphatic carbocycles. The maximum atomic E-state index is 14.7. The van der Waals surface area contributed by atoms with Gasteiger partial charge in [-0.15, -0.1) is 5.10 Å². The third-order valence-electron chi connectivity index (χ3n) is 8.31. The number of carboxylic acid groups (broad SMARTS) is 1. The standard InChI is InChI=1S/C32H48N6O7/c1-22(2)19-36(30(40)27-26(21-45-17-16-43-6)38(34-33-27)24-10-8-7-9-11-24)25-18-23(29(39)35-12-14-44-15-13-35)20-37(31(41)42)28(25)32(3,4)5/h7-11,22-23,25,28H,12-21H2,1-6H3,(H,41,42)/t23-,25+,28?/m1/s1. The predicted molar refractivity (Wildman–Crippen MR) is 166 cm³/mol. The fraction of sp³-hybridized carbons (Fsp3) is 0.656. The molecule has 2 fully saturated rings. The van der Waals surface area contributed by atoms with E-state index in [2.05, 4.69) is 10.3 Å². The molecule has 45 heavy (non-hydrogen) atoms. The molecule has 2 saturated heterocycles. The molecule has 2 aliphatic rings. The number of piperidine rings is 1. The maximum Gasteiger partial charge on any atom is 0.407 e. The van der Waals surface area contributed by atoms with Gasteiger partial charge in [0.05, 0.1) is 56.7 Å². The minimum absolute atomic E-state index is 0.0498. The Morgan fingerprint density at radius 3 is 2.40 bits per heavy atom. The molecular formula is C32H48N6O7. The van der Waals surface area contributed by atoms with Crippen LogP contribution in [0, 0.1) is 17.3 Å². The molecule has 1 aromatic heterocycles. The van der Waals surface area contributed by atoms with Gasteiger partial charge in [0.1, 0.15) is 5.69 Å². The molecule has 1 aromatic carbocycles. The number of rotatable bonds is 11. The number of carbonyl (C=O) groups excluding carboxylic acids is 2.